The maximum absolute atomic E-state index is 10.1. The first-order valence-corrected chi connectivity index (χ1v) is 3.08. The topological polar surface area (TPSA) is 37.0 Å². The summed E-state index contributed by atoms with van der Waals surface area (Å²) in [5.41, 5.74) is 0.400. The Morgan fingerprint density at radius 2 is 2.11 bits per heavy atom. The van der Waals surface area contributed by atoms with Crippen LogP contribution in [0.15, 0.2) is 11.6 Å². The fourth-order valence-electron chi connectivity index (χ4n) is 0.634. The summed E-state index contributed by atoms with van der Waals surface area (Å²) in [6.45, 7) is 3.65. The number of hydrogen-bond donors (Lipinski definition) is 0. The third kappa shape index (κ3) is 2.90. The molecule has 0 aromatic carbocycles. The smallest absolute Gasteiger partial charge is 0.242 e. The largest absolute Gasteiger partial charge is 0.382 e. The molecule has 0 heterocycles. The Morgan fingerprint density at radius 1 is 1.56 bits per heavy atom. The number of allylic oxidation sites excluding steroid dienone is 1. The highest BCUT2D eigenvalue weighted by Crippen LogP contribution is 2.03. The van der Waals surface area contributed by atoms with Gasteiger partial charge < -0.3 is 0 Å². The maximum atomic E-state index is 10.1. The zero-order valence-electron chi connectivity index (χ0n) is 5.81. The molecule has 0 fully saturated rings. The second-order valence-corrected chi connectivity index (χ2v) is 1.85. The fraction of sp³-hybridized carbons (Fsp3) is 0.571. The zero-order chi connectivity index (χ0) is 7.28. The highest BCUT2D eigenvalue weighted by Gasteiger charge is 2.04. The average Bonchev–Trinajstić information content (AvgIpc) is 1.82. The summed E-state index contributed by atoms with van der Waals surface area (Å²) in [7, 11) is 0. The van der Waals surface area contributed by atoms with Crippen LogP contribution in [-0.2, 0) is 9.90 Å². The number of rotatable bonds is 3. The van der Waals surface area contributed by atoms with E-state index in [1.54, 1.807) is 13.0 Å². The lowest BCUT2D eigenvalue weighted by Crippen LogP contribution is -1.96. The lowest BCUT2D eigenvalue weighted by molar-refractivity contribution is -0.138. The predicted molar refractivity (Wildman–Crippen MR) is 34.4 cm³/mol. The van der Waals surface area contributed by atoms with Crippen LogP contribution in [0.2, 0.25) is 0 Å². The van der Waals surface area contributed by atoms with Crippen molar-refractivity contribution in [2.75, 3.05) is 0 Å². The molecular formula is C7H11O2. The molecule has 0 spiro atoms. The molecule has 2 heteroatoms. The molecule has 0 saturated heterocycles. The summed E-state index contributed by atoms with van der Waals surface area (Å²) in [4.78, 5) is 10.1. The second kappa shape index (κ2) is 4.13. The first kappa shape index (κ1) is 8.21. The van der Waals surface area contributed by atoms with Gasteiger partial charge in [0, 0.05) is 5.57 Å². The van der Waals surface area contributed by atoms with E-state index >= 15 is 0 Å². The third-order valence-corrected chi connectivity index (χ3v) is 1.13. The van der Waals surface area contributed by atoms with Crippen molar-refractivity contribution < 1.29 is 9.90 Å². The lowest BCUT2D eigenvalue weighted by Gasteiger charge is -1.92. The van der Waals surface area contributed by atoms with Crippen LogP contribution in [0.4, 0.5) is 0 Å². The second-order valence-electron chi connectivity index (χ2n) is 1.85. The summed E-state index contributed by atoms with van der Waals surface area (Å²) in [5.74, 6) is -1.04. The summed E-state index contributed by atoms with van der Waals surface area (Å²) in [6, 6.07) is 0. The van der Waals surface area contributed by atoms with Gasteiger partial charge in [-0.25, -0.2) is 9.90 Å². The molecule has 2 nitrogen and oxygen atoms in total. The molecule has 0 atom stereocenters. The summed E-state index contributed by atoms with van der Waals surface area (Å²) in [6.07, 6.45) is 3.05. The molecule has 0 unspecified atom stereocenters. The minimum absolute atomic E-state index is 0.400. The molecule has 0 aromatic heterocycles. The van der Waals surface area contributed by atoms with Gasteiger partial charge in [-0.1, -0.05) is 19.4 Å². The van der Waals surface area contributed by atoms with Gasteiger partial charge in [-0.3, -0.25) is 0 Å². The summed E-state index contributed by atoms with van der Waals surface area (Å²) >= 11 is 0. The van der Waals surface area contributed by atoms with Crippen LogP contribution in [0.5, 0.6) is 0 Å². The van der Waals surface area contributed by atoms with Gasteiger partial charge in [-0.15, -0.1) is 0 Å². The van der Waals surface area contributed by atoms with E-state index in [0.29, 0.717) is 12.0 Å². The van der Waals surface area contributed by atoms with Crippen molar-refractivity contribution in [3.05, 3.63) is 11.6 Å². The van der Waals surface area contributed by atoms with Crippen molar-refractivity contribution in [3.8, 4) is 0 Å². The normalized spacial score (nSPS) is 11.6. The molecule has 0 bridgehead atoms. The van der Waals surface area contributed by atoms with E-state index < -0.39 is 5.97 Å². The third-order valence-electron chi connectivity index (χ3n) is 1.13. The van der Waals surface area contributed by atoms with Crippen LogP contribution in [0.1, 0.15) is 26.7 Å². The quantitative estimate of drug-likeness (QED) is 0.531. The van der Waals surface area contributed by atoms with Crippen LogP contribution in [0.25, 0.3) is 0 Å². The van der Waals surface area contributed by atoms with Crippen LogP contribution < -0.4 is 0 Å². The van der Waals surface area contributed by atoms with E-state index in [0.717, 1.165) is 6.42 Å². The summed E-state index contributed by atoms with van der Waals surface area (Å²) < 4.78 is 0. The molecule has 0 aromatic rings. The molecule has 0 saturated carbocycles. The Labute approximate surface area is 55.2 Å². The van der Waals surface area contributed by atoms with E-state index in [-0.39, 0.29) is 0 Å². The van der Waals surface area contributed by atoms with Gasteiger partial charge in [0.05, 0.1) is 0 Å². The molecule has 0 rings (SSSR count). The van der Waals surface area contributed by atoms with Gasteiger partial charge in [0.1, 0.15) is 0 Å². The van der Waals surface area contributed by atoms with Crippen LogP contribution in [-0.4, -0.2) is 5.97 Å². The molecule has 0 aliphatic rings. The highest BCUT2D eigenvalue weighted by atomic mass is 16.4. The number of carbonyl (C=O) groups excluding carboxylic acids is 1. The highest BCUT2D eigenvalue weighted by molar-refractivity contribution is 5.85. The lowest BCUT2D eigenvalue weighted by atomic mass is 10.1. The first-order valence-electron chi connectivity index (χ1n) is 3.08. The van der Waals surface area contributed by atoms with Crippen LogP contribution in [0.3, 0.4) is 0 Å². The van der Waals surface area contributed by atoms with Crippen molar-refractivity contribution in [1.29, 1.82) is 0 Å². The fourth-order valence-corrected chi connectivity index (χ4v) is 0.634. The predicted octanol–water partition coefficient (Wildman–Crippen LogP) is 1.69. The van der Waals surface area contributed by atoms with E-state index in [1.807, 2.05) is 6.92 Å². The van der Waals surface area contributed by atoms with Crippen molar-refractivity contribution >= 4 is 5.97 Å². The Balaban J connectivity index is 3.85. The summed E-state index contributed by atoms with van der Waals surface area (Å²) in [5, 5.41) is 10.1. The van der Waals surface area contributed by atoms with Crippen molar-refractivity contribution in [3.63, 3.8) is 0 Å². The maximum Gasteiger partial charge on any atom is 0.382 e. The van der Waals surface area contributed by atoms with Gasteiger partial charge in [-0.05, 0) is 13.3 Å². The van der Waals surface area contributed by atoms with Crippen LogP contribution >= 0.6 is 0 Å². The van der Waals surface area contributed by atoms with Crippen molar-refractivity contribution in [2.45, 2.75) is 26.7 Å². The SMILES string of the molecule is C/C=C(/CCC)C([O])=O. The standard InChI is InChI=1S/C7H11O2/c1-3-5-6(4-2)7(8)9/h4H,3,5H2,1-2H3/b6-4-. The van der Waals surface area contributed by atoms with Crippen molar-refractivity contribution in [2.24, 2.45) is 0 Å². The minimum atomic E-state index is -1.04. The van der Waals surface area contributed by atoms with Gasteiger partial charge in [0.25, 0.3) is 0 Å². The van der Waals surface area contributed by atoms with E-state index in [9.17, 15) is 9.90 Å². The minimum Gasteiger partial charge on any atom is -0.242 e. The van der Waals surface area contributed by atoms with Crippen molar-refractivity contribution in [1.82, 2.24) is 0 Å². The molecule has 1 radical (unpaired) electrons. The van der Waals surface area contributed by atoms with E-state index in [4.69, 9.17) is 0 Å². The average molecular weight is 127 g/mol. The van der Waals surface area contributed by atoms with Crippen LogP contribution in [0, 0.1) is 0 Å². The Kier molecular flexibility index (Phi) is 3.76. The van der Waals surface area contributed by atoms with Gasteiger partial charge in [0.15, 0.2) is 0 Å². The first-order chi connectivity index (χ1) is 4.22. The van der Waals surface area contributed by atoms with Gasteiger partial charge in [0.2, 0.25) is 0 Å². The van der Waals surface area contributed by atoms with Gasteiger partial charge in [-0.2, -0.15) is 0 Å². The monoisotopic (exact) mass is 127 g/mol. The number of carbonyl (C=O) groups is 1. The van der Waals surface area contributed by atoms with E-state index in [2.05, 4.69) is 0 Å². The Hall–Kier alpha value is -0.790. The molecular weight excluding hydrogens is 116 g/mol. The zero-order valence-corrected chi connectivity index (χ0v) is 5.81. The molecule has 0 aliphatic carbocycles. The molecule has 9 heavy (non-hydrogen) atoms. The molecule has 0 amide bonds. The molecule has 0 N–H and O–H groups in total. The van der Waals surface area contributed by atoms with Gasteiger partial charge >= 0.3 is 5.97 Å². The Morgan fingerprint density at radius 3 is 2.22 bits per heavy atom. The molecule has 0 aliphatic heterocycles. The number of hydrogen-bond acceptors (Lipinski definition) is 1. The Bertz CT molecular complexity index is 125. The van der Waals surface area contributed by atoms with E-state index in [1.165, 1.54) is 0 Å². The molecule has 51 valence electrons.